The number of aliphatic hydroxyl groups is 1. The van der Waals surface area contributed by atoms with E-state index in [1.165, 1.54) is 0 Å². The summed E-state index contributed by atoms with van der Waals surface area (Å²) in [6.45, 7) is 10.1. The summed E-state index contributed by atoms with van der Waals surface area (Å²) in [4.78, 5) is 0. The van der Waals surface area contributed by atoms with Gasteiger partial charge in [0.2, 0.25) is 0 Å². The zero-order valence-corrected chi connectivity index (χ0v) is 12.9. The van der Waals surface area contributed by atoms with E-state index in [1.807, 2.05) is 32.9 Å². The molecule has 0 heterocycles. The van der Waals surface area contributed by atoms with Gasteiger partial charge >= 0.3 is 0 Å². The van der Waals surface area contributed by atoms with E-state index in [2.05, 4.69) is 22.5 Å². The summed E-state index contributed by atoms with van der Waals surface area (Å²) < 4.78 is 6.57. The van der Waals surface area contributed by atoms with Crippen LogP contribution in [0, 0.1) is 6.92 Å². The lowest BCUT2D eigenvalue weighted by molar-refractivity contribution is 0.0256. The maximum absolute atomic E-state index is 10.7. The van der Waals surface area contributed by atoms with Crippen molar-refractivity contribution in [3.8, 4) is 5.75 Å². The molecule has 0 aliphatic carbocycles. The lowest BCUT2D eigenvalue weighted by Gasteiger charge is -2.29. The molecule has 1 N–H and O–H groups in total. The molecule has 0 bridgehead atoms. The average Bonchev–Trinajstić information content (AvgIpc) is 2.36. The van der Waals surface area contributed by atoms with Gasteiger partial charge in [-0.3, -0.25) is 0 Å². The quantitative estimate of drug-likeness (QED) is 0.792. The van der Waals surface area contributed by atoms with Crippen LogP contribution < -0.4 is 4.74 Å². The first-order chi connectivity index (χ1) is 8.48. The molecule has 1 aromatic rings. The van der Waals surface area contributed by atoms with Crippen molar-refractivity contribution in [1.82, 2.24) is 0 Å². The van der Waals surface area contributed by atoms with Gasteiger partial charge in [0.1, 0.15) is 12.4 Å². The van der Waals surface area contributed by atoms with Crippen molar-refractivity contribution in [2.45, 2.75) is 39.2 Å². The first-order valence-corrected chi connectivity index (χ1v) is 7.04. The van der Waals surface area contributed by atoms with Crippen molar-refractivity contribution in [1.29, 1.82) is 0 Å². The predicted molar refractivity (Wildman–Crippen MR) is 79.0 cm³/mol. The second kappa shape index (κ2) is 6.39. The van der Waals surface area contributed by atoms with Crippen LogP contribution in [0.5, 0.6) is 5.75 Å². The Morgan fingerprint density at radius 1 is 1.39 bits per heavy atom. The summed E-state index contributed by atoms with van der Waals surface area (Å²) in [7, 11) is 0. The van der Waals surface area contributed by atoms with Gasteiger partial charge in [0.05, 0.1) is 10.1 Å². The molecule has 1 rings (SSSR count). The molecular formula is C15H21BrO2. The third-order valence-corrected chi connectivity index (χ3v) is 3.79. The molecule has 0 atom stereocenters. The lowest BCUT2D eigenvalue weighted by atomic mass is 9.87. The Bertz CT molecular complexity index is 423. The summed E-state index contributed by atoms with van der Waals surface area (Å²) in [5.74, 6) is 0.715. The van der Waals surface area contributed by atoms with Crippen LogP contribution in [0.25, 0.3) is 0 Å². The molecule has 0 fully saturated rings. The molecule has 18 heavy (non-hydrogen) atoms. The minimum Gasteiger partial charge on any atom is -0.488 e. The van der Waals surface area contributed by atoms with Gasteiger partial charge in [-0.15, -0.1) is 0 Å². The van der Waals surface area contributed by atoms with Crippen molar-refractivity contribution in [3.63, 3.8) is 0 Å². The highest BCUT2D eigenvalue weighted by Crippen LogP contribution is 2.40. The van der Waals surface area contributed by atoms with E-state index in [4.69, 9.17) is 4.74 Å². The second-order valence-electron chi connectivity index (χ2n) is 4.46. The van der Waals surface area contributed by atoms with Crippen LogP contribution in [-0.2, 0) is 5.60 Å². The smallest absolute Gasteiger partial charge is 0.140 e. The van der Waals surface area contributed by atoms with Gasteiger partial charge in [0, 0.05) is 5.56 Å². The first-order valence-electron chi connectivity index (χ1n) is 6.25. The molecule has 0 saturated carbocycles. The number of halogens is 1. The molecule has 2 nitrogen and oxygen atoms in total. The van der Waals surface area contributed by atoms with Gasteiger partial charge in [-0.25, -0.2) is 0 Å². The fourth-order valence-corrected chi connectivity index (χ4v) is 2.68. The maximum Gasteiger partial charge on any atom is 0.140 e. The van der Waals surface area contributed by atoms with Crippen LogP contribution >= 0.6 is 15.9 Å². The first kappa shape index (κ1) is 15.3. The Labute approximate surface area is 118 Å². The van der Waals surface area contributed by atoms with E-state index in [-0.39, 0.29) is 0 Å². The van der Waals surface area contributed by atoms with E-state index in [1.54, 1.807) is 6.08 Å². The number of benzene rings is 1. The van der Waals surface area contributed by atoms with Gasteiger partial charge in [0.15, 0.2) is 0 Å². The number of rotatable bonds is 6. The molecule has 0 aromatic heterocycles. The molecule has 0 unspecified atom stereocenters. The molecule has 0 spiro atoms. The van der Waals surface area contributed by atoms with Crippen molar-refractivity contribution in [2.24, 2.45) is 0 Å². The summed E-state index contributed by atoms with van der Waals surface area (Å²) in [6.07, 6.45) is 3.01. The molecule has 0 radical (unpaired) electrons. The van der Waals surface area contributed by atoms with Crippen molar-refractivity contribution >= 4 is 15.9 Å². The molecule has 3 heteroatoms. The molecule has 0 aliphatic heterocycles. The average molecular weight is 313 g/mol. The topological polar surface area (TPSA) is 29.5 Å². The van der Waals surface area contributed by atoms with Crippen molar-refractivity contribution in [3.05, 3.63) is 40.4 Å². The summed E-state index contributed by atoms with van der Waals surface area (Å²) in [5.41, 5.74) is 1.11. The zero-order chi connectivity index (χ0) is 13.8. The maximum atomic E-state index is 10.7. The predicted octanol–water partition coefficient (Wildman–Crippen LogP) is 4.33. The molecule has 100 valence electrons. The Hall–Kier alpha value is -0.800. The Morgan fingerprint density at radius 2 is 2.00 bits per heavy atom. The van der Waals surface area contributed by atoms with Crippen LogP contribution in [-0.4, -0.2) is 11.7 Å². The normalized spacial score (nSPS) is 11.4. The third kappa shape index (κ3) is 3.15. The lowest BCUT2D eigenvalue weighted by Crippen LogP contribution is -2.25. The Kier molecular flexibility index (Phi) is 5.42. The van der Waals surface area contributed by atoms with Gasteiger partial charge in [-0.05, 0) is 53.4 Å². The third-order valence-electron chi connectivity index (χ3n) is 3.20. The highest BCUT2D eigenvalue weighted by atomic mass is 79.9. The Balaban J connectivity index is 3.34. The molecule has 0 saturated heterocycles. The number of aryl methyl sites for hydroxylation is 1. The number of hydrogen-bond donors (Lipinski definition) is 1. The zero-order valence-electron chi connectivity index (χ0n) is 11.3. The van der Waals surface area contributed by atoms with Gasteiger partial charge < -0.3 is 9.84 Å². The molecule has 0 amide bonds. The molecule has 1 aromatic carbocycles. The van der Waals surface area contributed by atoms with Crippen LogP contribution in [0.4, 0.5) is 0 Å². The van der Waals surface area contributed by atoms with Gasteiger partial charge in [0.25, 0.3) is 0 Å². The SMILES string of the molecule is C=CCOc1c(Br)cc(C)cc1C(O)(CC)CC. The van der Waals surface area contributed by atoms with Gasteiger partial charge in [-0.1, -0.05) is 26.5 Å². The highest BCUT2D eigenvalue weighted by Gasteiger charge is 2.29. The molecular weight excluding hydrogens is 292 g/mol. The fourth-order valence-electron chi connectivity index (χ4n) is 1.99. The van der Waals surface area contributed by atoms with E-state index < -0.39 is 5.60 Å². The standard InChI is InChI=1S/C15H21BrO2/c1-5-8-18-14-12(15(17,6-2)7-3)9-11(4)10-13(14)16/h5,9-10,17H,1,6-8H2,2-4H3. The van der Waals surface area contributed by atoms with E-state index in [9.17, 15) is 5.11 Å². The number of ether oxygens (including phenoxy) is 1. The van der Waals surface area contributed by atoms with Crippen LogP contribution in [0.1, 0.15) is 37.8 Å². The highest BCUT2D eigenvalue weighted by molar-refractivity contribution is 9.10. The summed E-state index contributed by atoms with van der Waals surface area (Å²) in [6, 6.07) is 3.99. The van der Waals surface area contributed by atoms with E-state index in [0.29, 0.717) is 25.2 Å². The van der Waals surface area contributed by atoms with Crippen molar-refractivity contribution < 1.29 is 9.84 Å². The largest absolute Gasteiger partial charge is 0.488 e. The fraction of sp³-hybridized carbons (Fsp3) is 0.467. The monoisotopic (exact) mass is 312 g/mol. The van der Waals surface area contributed by atoms with Crippen molar-refractivity contribution in [2.75, 3.05) is 6.61 Å². The van der Waals surface area contributed by atoms with Crippen LogP contribution in [0.3, 0.4) is 0 Å². The van der Waals surface area contributed by atoms with Gasteiger partial charge in [-0.2, -0.15) is 0 Å². The summed E-state index contributed by atoms with van der Waals surface area (Å²) >= 11 is 3.51. The van der Waals surface area contributed by atoms with Crippen LogP contribution in [0.15, 0.2) is 29.3 Å². The van der Waals surface area contributed by atoms with E-state index >= 15 is 0 Å². The van der Waals surface area contributed by atoms with Crippen LogP contribution in [0.2, 0.25) is 0 Å². The summed E-state index contributed by atoms with van der Waals surface area (Å²) in [5, 5.41) is 10.7. The minimum atomic E-state index is -0.842. The minimum absolute atomic E-state index is 0.429. The second-order valence-corrected chi connectivity index (χ2v) is 5.32. The number of hydrogen-bond acceptors (Lipinski definition) is 2. The molecule has 0 aliphatic rings. The Morgan fingerprint density at radius 3 is 2.50 bits per heavy atom. The van der Waals surface area contributed by atoms with E-state index in [0.717, 1.165) is 15.6 Å².